The molecule has 0 fully saturated rings. The number of rotatable bonds is 12. The summed E-state index contributed by atoms with van der Waals surface area (Å²) in [5, 5.41) is 23.3. The van der Waals surface area contributed by atoms with Crippen LogP contribution in [0.5, 0.6) is 0 Å². The molecule has 1 aliphatic carbocycles. The lowest BCUT2D eigenvalue weighted by Gasteiger charge is -2.20. The highest BCUT2D eigenvalue weighted by atomic mass is 16.5. The van der Waals surface area contributed by atoms with Crippen molar-refractivity contribution >= 4 is 18.0 Å². The lowest BCUT2D eigenvalue weighted by Crippen LogP contribution is -2.48. The van der Waals surface area contributed by atoms with E-state index in [2.05, 4.69) is 10.6 Å². The molecule has 0 aliphatic heterocycles. The molecule has 2 amide bonds. The maximum absolute atomic E-state index is 12.6. The highest BCUT2D eigenvalue weighted by Crippen LogP contribution is 2.44. The highest BCUT2D eigenvalue weighted by Gasteiger charge is 2.30. The van der Waals surface area contributed by atoms with Crippen LogP contribution in [-0.2, 0) is 14.3 Å². The van der Waals surface area contributed by atoms with Crippen LogP contribution in [0.3, 0.4) is 0 Å². The van der Waals surface area contributed by atoms with Crippen LogP contribution < -0.4 is 10.6 Å². The van der Waals surface area contributed by atoms with E-state index in [1.54, 1.807) is 0 Å². The zero-order chi connectivity index (χ0) is 24.5. The molecule has 2 unspecified atom stereocenters. The number of nitrogens with one attached hydrogen (secondary N) is 2. The zero-order valence-electron chi connectivity index (χ0n) is 19.3. The second-order valence-electron chi connectivity index (χ2n) is 8.67. The van der Waals surface area contributed by atoms with Gasteiger partial charge in [-0.2, -0.15) is 0 Å². The van der Waals surface area contributed by atoms with Crippen LogP contribution >= 0.6 is 0 Å². The van der Waals surface area contributed by atoms with Crippen molar-refractivity contribution in [3.8, 4) is 11.1 Å². The number of benzene rings is 2. The van der Waals surface area contributed by atoms with E-state index in [-0.39, 0.29) is 37.9 Å². The smallest absolute Gasteiger partial charge is 0.407 e. The maximum Gasteiger partial charge on any atom is 0.407 e. The molecule has 0 saturated carbocycles. The van der Waals surface area contributed by atoms with Crippen molar-refractivity contribution in [1.29, 1.82) is 0 Å². The lowest BCUT2D eigenvalue weighted by molar-refractivity contribution is -0.137. The lowest BCUT2D eigenvalue weighted by atomic mass is 9.98. The van der Waals surface area contributed by atoms with E-state index in [9.17, 15) is 14.4 Å². The molecule has 0 spiro atoms. The van der Waals surface area contributed by atoms with Gasteiger partial charge in [0.15, 0.2) is 0 Å². The van der Waals surface area contributed by atoms with Gasteiger partial charge in [-0.15, -0.1) is 0 Å². The van der Waals surface area contributed by atoms with E-state index < -0.39 is 24.0 Å². The summed E-state index contributed by atoms with van der Waals surface area (Å²) in [7, 11) is 0. The van der Waals surface area contributed by atoms with Crippen LogP contribution in [0, 0.1) is 5.92 Å². The number of fused-ring (bicyclic) bond motifs is 3. The molecule has 2 aromatic rings. The van der Waals surface area contributed by atoms with Crippen molar-refractivity contribution in [2.75, 3.05) is 19.8 Å². The van der Waals surface area contributed by atoms with Gasteiger partial charge in [0.2, 0.25) is 5.91 Å². The third kappa shape index (κ3) is 6.57. The largest absolute Gasteiger partial charge is 0.481 e. The number of hydrogen-bond acceptors (Lipinski definition) is 5. The number of carbonyl (C=O) groups is 3. The molecule has 8 nitrogen and oxygen atoms in total. The minimum Gasteiger partial charge on any atom is -0.481 e. The number of aliphatic hydroxyl groups is 1. The number of amides is 2. The standard InChI is InChI=1S/C26H32N2O6/c1-17(7-6-14-29)15-27-25(32)23(12-13-24(30)31)28-26(33)34-16-22-20-10-4-2-8-18(20)19-9-3-5-11-21(19)22/h2-5,8-11,17,22-23,29H,6-7,12-16H2,1H3,(H,27,32)(H,28,33)(H,30,31). The molecule has 182 valence electrons. The van der Waals surface area contributed by atoms with E-state index in [0.29, 0.717) is 13.0 Å². The minimum absolute atomic E-state index is 0.0453. The Labute approximate surface area is 199 Å². The van der Waals surface area contributed by atoms with Crippen LogP contribution in [0.2, 0.25) is 0 Å². The van der Waals surface area contributed by atoms with Gasteiger partial charge >= 0.3 is 12.1 Å². The van der Waals surface area contributed by atoms with Gasteiger partial charge in [0.05, 0.1) is 0 Å². The van der Waals surface area contributed by atoms with Gasteiger partial charge in [0.25, 0.3) is 0 Å². The number of carbonyl (C=O) groups excluding carboxylic acids is 2. The average Bonchev–Trinajstić information content (AvgIpc) is 3.16. The van der Waals surface area contributed by atoms with Crippen LogP contribution in [0.4, 0.5) is 4.79 Å². The predicted molar refractivity (Wildman–Crippen MR) is 127 cm³/mol. The van der Waals surface area contributed by atoms with E-state index in [1.165, 1.54) is 0 Å². The Hall–Kier alpha value is -3.39. The zero-order valence-corrected chi connectivity index (χ0v) is 19.3. The molecular formula is C26H32N2O6. The summed E-state index contributed by atoms with van der Waals surface area (Å²) in [5.74, 6) is -1.48. The molecule has 8 heteroatoms. The van der Waals surface area contributed by atoms with Crippen LogP contribution in [0.1, 0.15) is 49.7 Å². The van der Waals surface area contributed by atoms with Crippen LogP contribution in [0.15, 0.2) is 48.5 Å². The van der Waals surface area contributed by atoms with Crippen molar-refractivity contribution in [3.05, 3.63) is 59.7 Å². The molecule has 2 atom stereocenters. The minimum atomic E-state index is -1.05. The van der Waals surface area contributed by atoms with Crippen molar-refractivity contribution in [3.63, 3.8) is 0 Å². The number of alkyl carbamates (subject to hydrolysis) is 1. The number of ether oxygens (including phenoxy) is 1. The summed E-state index contributed by atoms with van der Waals surface area (Å²) in [6.07, 6.45) is 0.312. The molecule has 0 radical (unpaired) electrons. The second-order valence-corrected chi connectivity index (χ2v) is 8.67. The van der Waals surface area contributed by atoms with E-state index in [1.807, 2.05) is 55.5 Å². The maximum atomic E-state index is 12.6. The summed E-state index contributed by atoms with van der Waals surface area (Å²) < 4.78 is 5.50. The first-order chi connectivity index (χ1) is 16.4. The summed E-state index contributed by atoms with van der Waals surface area (Å²) in [4.78, 5) is 36.2. The van der Waals surface area contributed by atoms with Crippen molar-refractivity contribution in [2.24, 2.45) is 5.92 Å². The first-order valence-corrected chi connectivity index (χ1v) is 11.6. The Morgan fingerprint density at radius 1 is 1.00 bits per heavy atom. The topological polar surface area (TPSA) is 125 Å². The monoisotopic (exact) mass is 468 g/mol. The summed E-state index contributed by atoms with van der Waals surface area (Å²) in [5.41, 5.74) is 4.38. The Morgan fingerprint density at radius 2 is 1.62 bits per heavy atom. The molecule has 0 heterocycles. The number of carboxylic acids is 1. The fraction of sp³-hybridized carbons (Fsp3) is 0.423. The summed E-state index contributed by atoms with van der Waals surface area (Å²) in [6.45, 7) is 2.50. The van der Waals surface area contributed by atoms with Crippen molar-refractivity contribution in [2.45, 2.75) is 44.6 Å². The number of carboxylic acid groups (broad SMARTS) is 1. The summed E-state index contributed by atoms with van der Waals surface area (Å²) in [6, 6.07) is 15.0. The predicted octanol–water partition coefficient (Wildman–Crippen LogP) is 3.28. The SMILES string of the molecule is CC(CCCO)CNC(=O)C(CCC(=O)O)NC(=O)OCC1c2ccccc2-c2ccccc21. The number of aliphatic carboxylic acids is 1. The quantitative estimate of drug-likeness (QED) is 0.379. The normalized spacial score (nSPS) is 13.9. The highest BCUT2D eigenvalue weighted by molar-refractivity contribution is 5.86. The number of hydrogen-bond donors (Lipinski definition) is 4. The Kier molecular flexibility index (Phi) is 9.04. The average molecular weight is 469 g/mol. The van der Waals surface area contributed by atoms with Gasteiger partial charge in [-0.05, 0) is 47.4 Å². The van der Waals surface area contributed by atoms with Crippen molar-refractivity contribution < 1.29 is 29.3 Å². The van der Waals surface area contributed by atoms with Crippen molar-refractivity contribution in [1.82, 2.24) is 10.6 Å². The molecule has 4 N–H and O–H groups in total. The van der Waals surface area contributed by atoms with Gasteiger partial charge in [-0.1, -0.05) is 55.5 Å². The first kappa shape index (κ1) is 25.2. The molecule has 0 saturated heterocycles. The van der Waals surface area contributed by atoms with Gasteiger partial charge in [-0.25, -0.2) is 4.79 Å². The van der Waals surface area contributed by atoms with Gasteiger partial charge in [0, 0.05) is 25.5 Å². The molecule has 1 aliphatic rings. The Morgan fingerprint density at radius 3 is 2.21 bits per heavy atom. The first-order valence-electron chi connectivity index (χ1n) is 11.6. The fourth-order valence-electron chi connectivity index (χ4n) is 4.26. The van der Waals surface area contributed by atoms with E-state index in [4.69, 9.17) is 14.9 Å². The fourth-order valence-corrected chi connectivity index (χ4v) is 4.26. The van der Waals surface area contributed by atoms with Gasteiger partial charge < -0.3 is 25.6 Å². The van der Waals surface area contributed by atoms with Crippen LogP contribution in [-0.4, -0.2) is 54.0 Å². The van der Waals surface area contributed by atoms with E-state index in [0.717, 1.165) is 28.7 Å². The van der Waals surface area contributed by atoms with Gasteiger partial charge in [0.1, 0.15) is 12.6 Å². The third-order valence-corrected chi connectivity index (χ3v) is 6.08. The summed E-state index contributed by atoms with van der Waals surface area (Å²) >= 11 is 0. The van der Waals surface area contributed by atoms with Crippen LogP contribution in [0.25, 0.3) is 11.1 Å². The molecule has 0 bridgehead atoms. The third-order valence-electron chi connectivity index (χ3n) is 6.08. The van der Waals surface area contributed by atoms with Gasteiger partial charge in [-0.3, -0.25) is 9.59 Å². The molecule has 0 aromatic heterocycles. The second kappa shape index (κ2) is 12.2. The molecule has 3 rings (SSSR count). The molecule has 34 heavy (non-hydrogen) atoms. The number of aliphatic hydroxyl groups excluding tert-OH is 1. The van der Waals surface area contributed by atoms with E-state index >= 15 is 0 Å². The molecule has 2 aromatic carbocycles. The Balaban J connectivity index is 1.60. The Bertz CT molecular complexity index is 963. The molecular weight excluding hydrogens is 436 g/mol.